The molecule has 0 aliphatic rings. The van der Waals surface area contributed by atoms with Gasteiger partial charge in [0.25, 0.3) is 9.04 Å². The van der Waals surface area contributed by atoms with Crippen molar-refractivity contribution in [2.45, 2.75) is 39.3 Å². The van der Waals surface area contributed by atoms with Crippen LogP contribution in [0.4, 0.5) is 0 Å². The molecule has 3 nitrogen and oxygen atoms in total. The molecular weight excluding hydrogens is 218 g/mol. The molecule has 0 aliphatic heterocycles. The Bertz CT molecular complexity index is 383. The maximum absolute atomic E-state index is 11.0. The van der Waals surface area contributed by atoms with Crippen molar-refractivity contribution in [1.82, 2.24) is 4.98 Å². The summed E-state index contributed by atoms with van der Waals surface area (Å²) < 4.78 is 5.61. The second kappa shape index (κ2) is 4.78. The van der Waals surface area contributed by atoms with Gasteiger partial charge < -0.3 is 4.43 Å². The Kier molecular flexibility index (Phi) is 3.86. The third-order valence-corrected chi connectivity index (χ3v) is 2.71. The molecule has 0 aliphatic carbocycles. The third-order valence-electron chi connectivity index (χ3n) is 2.08. The summed E-state index contributed by atoms with van der Waals surface area (Å²) in [4.78, 5) is 15.3. The van der Waals surface area contributed by atoms with Crippen LogP contribution in [0.15, 0.2) is 12.1 Å². The fraction of sp³-hybridized carbons (Fsp3) is 0.500. The number of pyridine rings is 1. The van der Waals surface area contributed by atoms with Crippen molar-refractivity contribution in [3.05, 3.63) is 23.5 Å². The Morgan fingerprint density at radius 1 is 1.31 bits per heavy atom. The normalized spacial score (nSPS) is 11.6. The van der Waals surface area contributed by atoms with Crippen molar-refractivity contribution < 1.29 is 9.22 Å². The van der Waals surface area contributed by atoms with Gasteiger partial charge in [0, 0.05) is 11.1 Å². The van der Waals surface area contributed by atoms with Crippen molar-refractivity contribution >= 4 is 15.3 Å². The summed E-state index contributed by atoms with van der Waals surface area (Å²) in [6.07, 6.45) is 0.759. The molecule has 0 N–H and O–H groups in total. The summed E-state index contributed by atoms with van der Waals surface area (Å²) in [5.74, 6) is 0.599. The Labute approximate surface area is 98.6 Å². The number of aldehydes is 1. The number of rotatable bonds is 3. The molecule has 16 heavy (non-hydrogen) atoms. The highest BCUT2D eigenvalue weighted by Crippen LogP contribution is 2.24. The molecule has 0 aromatic carbocycles. The van der Waals surface area contributed by atoms with Gasteiger partial charge in [-0.15, -0.1) is 0 Å². The van der Waals surface area contributed by atoms with Gasteiger partial charge in [-0.25, -0.2) is 4.98 Å². The minimum Gasteiger partial charge on any atom is -0.541 e. The van der Waals surface area contributed by atoms with E-state index in [4.69, 9.17) is 4.43 Å². The standard InChI is InChI=1S/C12H18NO2Si/c1-12(2,3)11-7-6-10(15-16(4)5)9(8-14)13-11/h6-8H,1-5H3. The number of aromatic nitrogens is 1. The summed E-state index contributed by atoms with van der Waals surface area (Å²) >= 11 is 0. The predicted octanol–water partition coefficient (Wildman–Crippen LogP) is 2.82. The van der Waals surface area contributed by atoms with E-state index in [1.807, 2.05) is 25.2 Å². The monoisotopic (exact) mass is 236 g/mol. The van der Waals surface area contributed by atoms with Crippen LogP contribution in [0.2, 0.25) is 13.1 Å². The molecule has 87 valence electrons. The van der Waals surface area contributed by atoms with Crippen LogP contribution in [0.25, 0.3) is 0 Å². The molecule has 0 saturated heterocycles. The minimum absolute atomic E-state index is 0.0531. The van der Waals surface area contributed by atoms with E-state index in [0.29, 0.717) is 11.4 Å². The summed E-state index contributed by atoms with van der Waals surface area (Å²) in [6, 6.07) is 3.77. The van der Waals surface area contributed by atoms with Crippen LogP contribution in [0, 0.1) is 0 Å². The van der Waals surface area contributed by atoms with Crippen LogP contribution in [-0.2, 0) is 5.41 Å². The molecule has 1 heterocycles. The Balaban J connectivity index is 3.12. The van der Waals surface area contributed by atoms with Crippen LogP contribution in [0.5, 0.6) is 5.75 Å². The lowest BCUT2D eigenvalue weighted by Crippen LogP contribution is -2.17. The summed E-state index contributed by atoms with van der Waals surface area (Å²) in [6.45, 7) is 10.3. The number of hydrogen-bond donors (Lipinski definition) is 0. The number of hydrogen-bond acceptors (Lipinski definition) is 3. The van der Waals surface area contributed by atoms with Crippen LogP contribution in [0.3, 0.4) is 0 Å². The molecule has 0 bridgehead atoms. The van der Waals surface area contributed by atoms with Crippen LogP contribution in [-0.4, -0.2) is 20.3 Å². The summed E-state index contributed by atoms with van der Waals surface area (Å²) in [5.41, 5.74) is 1.25. The first-order valence-electron chi connectivity index (χ1n) is 5.29. The molecule has 0 saturated carbocycles. The van der Waals surface area contributed by atoms with E-state index in [0.717, 1.165) is 12.0 Å². The zero-order valence-corrected chi connectivity index (χ0v) is 11.5. The predicted molar refractivity (Wildman–Crippen MR) is 66.4 cm³/mol. The SMILES string of the molecule is C[Si](C)Oc1ccc(C(C)(C)C)nc1C=O. The zero-order chi connectivity index (χ0) is 12.3. The fourth-order valence-corrected chi connectivity index (χ4v) is 1.88. The number of carbonyl (C=O) groups excluding carboxylic acids is 1. The van der Waals surface area contributed by atoms with Crippen molar-refractivity contribution in [1.29, 1.82) is 0 Å². The van der Waals surface area contributed by atoms with E-state index in [-0.39, 0.29) is 5.41 Å². The van der Waals surface area contributed by atoms with Crippen LogP contribution < -0.4 is 4.43 Å². The van der Waals surface area contributed by atoms with Crippen molar-refractivity contribution in [3.8, 4) is 5.75 Å². The van der Waals surface area contributed by atoms with Gasteiger partial charge in [0.1, 0.15) is 11.4 Å². The maximum Gasteiger partial charge on any atom is 0.274 e. The lowest BCUT2D eigenvalue weighted by molar-refractivity contribution is 0.111. The zero-order valence-electron chi connectivity index (χ0n) is 10.5. The first-order valence-corrected chi connectivity index (χ1v) is 7.70. The van der Waals surface area contributed by atoms with E-state index >= 15 is 0 Å². The molecule has 0 amide bonds. The lowest BCUT2D eigenvalue weighted by atomic mass is 9.91. The van der Waals surface area contributed by atoms with Crippen LogP contribution >= 0.6 is 0 Å². The van der Waals surface area contributed by atoms with Gasteiger partial charge in [0.15, 0.2) is 6.29 Å². The van der Waals surface area contributed by atoms with Gasteiger partial charge in [-0.2, -0.15) is 0 Å². The van der Waals surface area contributed by atoms with Crippen molar-refractivity contribution in [2.75, 3.05) is 0 Å². The molecule has 1 aromatic rings. The van der Waals surface area contributed by atoms with Gasteiger partial charge in [0.2, 0.25) is 0 Å². The smallest absolute Gasteiger partial charge is 0.274 e. The number of nitrogens with zero attached hydrogens (tertiary/aromatic N) is 1. The summed E-state index contributed by atoms with van der Waals surface area (Å²) in [5, 5.41) is 0. The topological polar surface area (TPSA) is 39.2 Å². The molecule has 0 atom stereocenters. The Morgan fingerprint density at radius 3 is 2.38 bits per heavy atom. The molecular formula is C12H18NO2Si. The van der Waals surface area contributed by atoms with Gasteiger partial charge in [-0.05, 0) is 25.2 Å². The molecule has 1 rings (SSSR count). The fourth-order valence-electron chi connectivity index (χ4n) is 1.27. The minimum atomic E-state index is -0.866. The van der Waals surface area contributed by atoms with E-state index < -0.39 is 9.04 Å². The van der Waals surface area contributed by atoms with Gasteiger partial charge in [-0.3, -0.25) is 4.79 Å². The van der Waals surface area contributed by atoms with Gasteiger partial charge >= 0.3 is 0 Å². The summed E-state index contributed by atoms with van der Waals surface area (Å²) in [7, 11) is -0.866. The highest BCUT2D eigenvalue weighted by molar-refractivity contribution is 6.49. The average Bonchev–Trinajstić information content (AvgIpc) is 2.15. The molecule has 1 radical (unpaired) electrons. The van der Waals surface area contributed by atoms with Crippen molar-refractivity contribution in [3.63, 3.8) is 0 Å². The Hall–Kier alpha value is -1.16. The third kappa shape index (κ3) is 3.17. The largest absolute Gasteiger partial charge is 0.541 e. The second-order valence-electron chi connectivity index (χ2n) is 4.96. The average molecular weight is 236 g/mol. The number of carbonyl (C=O) groups is 1. The Morgan fingerprint density at radius 2 is 1.94 bits per heavy atom. The first kappa shape index (κ1) is 12.9. The molecule has 0 unspecified atom stereocenters. The molecule has 4 heteroatoms. The van der Waals surface area contributed by atoms with E-state index in [1.165, 1.54) is 0 Å². The van der Waals surface area contributed by atoms with Crippen molar-refractivity contribution in [2.24, 2.45) is 0 Å². The van der Waals surface area contributed by atoms with E-state index in [9.17, 15) is 4.79 Å². The molecule has 0 fully saturated rings. The highest BCUT2D eigenvalue weighted by atomic mass is 28.3. The molecule has 0 spiro atoms. The van der Waals surface area contributed by atoms with E-state index in [1.54, 1.807) is 0 Å². The van der Waals surface area contributed by atoms with E-state index in [2.05, 4.69) is 25.8 Å². The highest BCUT2D eigenvalue weighted by Gasteiger charge is 2.18. The maximum atomic E-state index is 11.0. The second-order valence-corrected chi connectivity index (χ2v) is 6.98. The van der Waals surface area contributed by atoms with Crippen LogP contribution in [0.1, 0.15) is 37.0 Å². The molecule has 1 aromatic heterocycles. The first-order chi connectivity index (χ1) is 7.34. The van der Waals surface area contributed by atoms with Gasteiger partial charge in [-0.1, -0.05) is 20.8 Å². The van der Waals surface area contributed by atoms with Gasteiger partial charge in [0.05, 0.1) is 0 Å². The lowest BCUT2D eigenvalue weighted by Gasteiger charge is -2.19. The quantitative estimate of drug-likeness (QED) is 0.598.